The lowest BCUT2D eigenvalue weighted by atomic mass is 10.1. The average molecular weight is 302 g/mol. The van der Waals surface area contributed by atoms with E-state index in [1.54, 1.807) is 0 Å². The number of rotatable bonds is 6. The van der Waals surface area contributed by atoms with Crippen LogP contribution in [-0.4, -0.2) is 19.0 Å². The molecule has 2 aromatic rings. The summed E-state index contributed by atoms with van der Waals surface area (Å²) >= 11 is 1.86. The lowest BCUT2D eigenvalue weighted by Gasteiger charge is -2.14. The van der Waals surface area contributed by atoms with Gasteiger partial charge in [0.2, 0.25) is 5.91 Å². The Morgan fingerprint density at radius 2 is 2.10 bits per heavy atom. The summed E-state index contributed by atoms with van der Waals surface area (Å²) in [7, 11) is 0. The first-order valence-electron chi connectivity index (χ1n) is 7.66. The molecule has 1 atom stereocenters. The van der Waals surface area contributed by atoms with E-state index in [0.717, 1.165) is 19.4 Å². The van der Waals surface area contributed by atoms with Gasteiger partial charge in [0.15, 0.2) is 0 Å². The third-order valence-electron chi connectivity index (χ3n) is 4.10. The van der Waals surface area contributed by atoms with Gasteiger partial charge in [-0.05, 0) is 43.7 Å². The van der Waals surface area contributed by atoms with Crippen molar-refractivity contribution in [2.45, 2.75) is 32.7 Å². The Balaban J connectivity index is 1.55. The van der Waals surface area contributed by atoms with E-state index < -0.39 is 0 Å². The molecule has 4 heteroatoms. The van der Waals surface area contributed by atoms with Gasteiger partial charge < -0.3 is 10.6 Å². The maximum atomic E-state index is 11.6. The van der Waals surface area contributed by atoms with E-state index in [1.165, 1.54) is 20.5 Å². The minimum absolute atomic E-state index is 0.225. The van der Waals surface area contributed by atoms with Gasteiger partial charge in [0.05, 0.1) is 0 Å². The first kappa shape index (κ1) is 14.5. The van der Waals surface area contributed by atoms with Gasteiger partial charge in [-0.15, -0.1) is 11.3 Å². The van der Waals surface area contributed by atoms with Crippen molar-refractivity contribution < 1.29 is 4.79 Å². The van der Waals surface area contributed by atoms with Crippen molar-refractivity contribution in [3.8, 4) is 0 Å². The van der Waals surface area contributed by atoms with Gasteiger partial charge in [-0.1, -0.05) is 18.2 Å². The van der Waals surface area contributed by atoms with Gasteiger partial charge in [-0.25, -0.2) is 0 Å². The number of hydrogen-bond donors (Lipinski definition) is 2. The Bertz CT molecular complexity index is 645. The molecular weight excluding hydrogens is 280 g/mol. The third kappa shape index (κ3) is 3.27. The van der Waals surface area contributed by atoms with Crippen LogP contribution in [-0.2, 0) is 4.79 Å². The SMILES string of the molecule is Cc1c(C(C)NCCNC(=O)C2CC2)sc2ccccc12. The number of carbonyl (C=O) groups is 1. The molecule has 1 heterocycles. The van der Waals surface area contributed by atoms with Gasteiger partial charge in [-0.2, -0.15) is 0 Å². The summed E-state index contributed by atoms with van der Waals surface area (Å²) in [6, 6.07) is 8.87. The van der Waals surface area contributed by atoms with Gasteiger partial charge in [-0.3, -0.25) is 4.79 Å². The molecule has 2 N–H and O–H groups in total. The minimum Gasteiger partial charge on any atom is -0.355 e. The number of fused-ring (bicyclic) bond motifs is 1. The van der Waals surface area contributed by atoms with Gasteiger partial charge in [0.1, 0.15) is 0 Å². The fourth-order valence-corrected chi connectivity index (χ4v) is 3.90. The molecule has 0 saturated heterocycles. The molecule has 0 radical (unpaired) electrons. The van der Waals surface area contributed by atoms with Crippen LogP contribution in [0.15, 0.2) is 24.3 Å². The Morgan fingerprint density at radius 1 is 1.33 bits per heavy atom. The van der Waals surface area contributed by atoms with Crippen LogP contribution in [0.4, 0.5) is 0 Å². The Kier molecular flexibility index (Phi) is 4.27. The Morgan fingerprint density at radius 3 is 2.81 bits per heavy atom. The van der Waals surface area contributed by atoms with Crippen LogP contribution < -0.4 is 10.6 Å². The van der Waals surface area contributed by atoms with Crippen LogP contribution in [0.2, 0.25) is 0 Å². The van der Waals surface area contributed by atoms with Crippen molar-refractivity contribution in [1.29, 1.82) is 0 Å². The van der Waals surface area contributed by atoms with Gasteiger partial charge >= 0.3 is 0 Å². The first-order chi connectivity index (χ1) is 10.2. The molecule has 3 rings (SSSR count). The molecule has 1 amide bonds. The lowest BCUT2D eigenvalue weighted by molar-refractivity contribution is -0.122. The standard InChI is InChI=1S/C17H22N2OS/c1-11-14-5-3-4-6-15(14)21-16(11)12(2)18-9-10-19-17(20)13-7-8-13/h3-6,12-13,18H,7-10H2,1-2H3,(H,19,20). The van der Waals surface area contributed by atoms with Crippen LogP contribution in [0.5, 0.6) is 0 Å². The zero-order valence-corrected chi connectivity index (χ0v) is 13.4. The van der Waals surface area contributed by atoms with E-state index in [2.05, 4.69) is 48.7 Å². The zero-order valence-electron chi connectivity index (χ0n) is 12.6. The maximum Gasteiger partial charge on any atom is 0.223 e. The van der Waals surface area contributed by atoms with Crippen LogP contribution in [0.1, 0.15) is 36.2 Å². The molecule has 1 saturated carbocycles. The van der Waals surface area contributed by atoms with Crippen molar-refractivity contribution in [2.75, 3.05) is 13.1 Å². The van der Waals surface area contributed by atoms with Crippen LogP contribution in [0.3, 0.4) is 0 Å². The van der Waals surface area contributed by atoms with E-state index in [9.17, 15) is 4.79 Å². The number of thiophene rings is 1. The zero-order chi connectivity index (χ0) is 14.8. The number of amides is 1. The molecule has 0 spiro atoms. The third-order valence-corrected chi connectivity index (χ3v) is 5.55. The van der Waals surface area contributed by atoms with Crippen LogP contribution >= 0.6 is 11.3 Å². The molecular formula is C17H22N2OS. The summed E-state index contributed by atoms with van der Waals surface area (Å²) in [5.74, 6) is 0.523. The smallest absolute Gasteiger partial charge is 0.223 e. The lowest BCUT2D eigenvalue weighted by Crippen LogP contribution is -2.33. The van der Waals surface area contributed by atoms with E-state index >= 15 is 0 Å². The van der Waals surface area contributed by atoms with Gasteiger partial charge in [0.25, 0.3) is 0 Å². The Labute approximate surface area is 129 Å². The van der Waals surface area contributed by atoms with Crippen molar-refractivity contribution in [3.63, 3.8) is 0 Å². The second-order valence-corrected chi connectivity index (χ2v) is 6.91. The molecule has 0 aliphatic heterocycles. The highest BCUT2D eigenvalue weighted by Gasteiger charge is 2.29. The fraction of sp³-hybridized carbons (Fsp3) is 0.471. The topological polar surface area (TPSA) is 41.1 Å². The molecule has 1 aliphatic rings. The van der Waals surface area contributed by atoms with Crippen molar-refractivity contribution >= 4 is 27.3 Å². The fourth-order valence-electron chi connectivity index (χ4n) is 2.66. The minimum atomic E-state index is 0.225. The highest BCUT2D eigenvalue weighted by molar-refractivity contribution is 7.19. The maximum absolute atomic E-state index is 11.6. The summed E-state index contributed by atoms with van der Waals surface area (Å²) < 4.78 is 1.35. The number of benzene rings is 1. The molecule has 1 unspecified atom stereocenters. The van der Waals surface area contributed by atoms with Crippen LogP contribution in [0, 0.1) is 12.8 Å². The number of carbonyl (C=O) groups excluding carboxylic acids is 1. The molecule has 1 fully saturated rings. The van der Waals surface area contributed by atoms with Crippen molar-refractivity contribution in [3.05, 3.63) is 34.7 Å². The highest BCUT2D eigenvalue weighted by Crippen LogP contribution is 2.34. The summed E-state index contributed by atoms with van der Waals surface area (Å²) in [5.41, 5.74) is 1.37. The second-order valence-electron chi connectivity index (χ2n) is 5.83. The van der Waals surface area contributed by atoms with E-state index in [1.807, 2.05) is 11.3 Å². The predicted molar refractivity (Wildman–Crippen MR) is 88.7 cm³/mol. The second kappa shape index (κ2) is 6.16. The molecule has 0 bridgehead atoms. The predicted octanol–water partition coefficient (Wildman–Crippen LogP) is 3.39. The summed E-state index contributed by atoms with van der Waals surface area (Å²) in [6.07, 6.45) is 2.13. The van der Waals surface area contributed by atoms with Crippen molar-refractivity contribution in [1.82, 2.24) is 10.6 Å². The molecule has 3 nitrogen and oxygen atoms in total. The average Bonchev–Trinajstić information content (AvgIpc) is 3.28. The van der Waals surface area contributed by atoms with Crippen molar-refractivity contribution in [2.24, 2.45) is 5.92 Å². The number of aryl methyl sites for hydroxylation is 1. The Hall–Kier alpha value is -1.39. The largest absolute Gasteiger partial charge is 0.355 e. The normalized spacial score (nSPS) is 16.1. The van der Waals surface area contributed by atoms with Crippen LogP contribution in [0.25, 0.3) is 10.1 Å². The molecule has 1 aromatic carbocycles. The monoisotopic (exact) mass is 302 g/mol. The number of nitrogens with one attached hydrogen (secondary N) is 2. The molecule has 1 aromatic heterocycles. The molecule has 1 aliphatic carbocycles. The van der Waals surface area contributed by atoms with E-state index in [4.69, 9.17) is 0 Å². The first-order valence-corrected chi connectivity index (χ1v) is 8.47. The highest BCUT2D eigenvalue weighted by atomic mass is 32.1. The molecule has 112 valence electrons. The number of hydrogen-bond acceptors (Lipinski definition) is 3. The summed E-state index contributed by atoms with van der Waals surface area (Å²) in [6.45, 7) is 5.92. The summed E-state index contributed by atoms with van der Waals surface area (Å²) in [4.78, 5) is 12.9. The van der Waals surface area contributed by atoms with Gasteiger partial charge in [0, 0.05) is 34.6 Å². The molecule has 21 heavy (non-hydrogen) atoms. The quantitative estimate of drug-likeness (QED) is 0.803. The van der Waals surface area contributed by atoms with E-state index in [0.29, 0.717) is 18.5 Å². The summed E-state index contributed by atoms with van der Waals surface area (Å²) in [5, 5.41) is 7.86. The van der Waals surface area contributed by atoms with E-state index in [-0.39, 0.29) is 5.91 Å².